The quantitative estimate of drug-likeness (QED) is 0.122. The normalized spacial score (nSPS) is 13.3. The molecule has 0 heteroatoms. The van der Waals surface area contributed by atoms with Crippen molar-refractivity contribution in [2.75, 3.05) is 0 Å². The summed E-state index contributed by atoms with van der Waals surface area (Å²) in [6, 6.07) is 71.5. The maximum atomic E-state index is 2.64. The summed E-state index contributed by atoms with van der Waals surface area (Å²) in [5.74, 6) is 0. The molecule has 0 heterocycles. The Morgan fingerprint density at radius 3 is 1.18 bits per heavy atom. The summed E-state index contributed by atoms with van der Waals surface area (Å²) in [6.07, 6.45) is 0. The molecule has 76 heavy (non-hydrogen) atoms. The zero-order valence-corrected chi connectivity index (χ0v) is 46.3. The second kappa shape index (κ2) is 15.9. The van der Waals surface area contributed by atoms with Gasteiger partial charge in [0.1, 0.15) is 0 Å². The summed E-state index contributed by atoms with van der Waals surface area (Å²) >= 11 is 0. The number of rotatable bonds is 3. The second-order valence-electron chi connectivity index (χ2n) is 26.6. The topological polar surface area (TPSA) is 0 Å². The summed E-state index contributed by atoms with van der Waals surface area (Å²) in [5, 5.41) is 20.8. The maximum Gasteiger partial charge on any atom is -0.000718 e. The minimum absolute atomic E-state index is 0.0809. The molecule has 14 rings (SSSR count). The lowest BCUT2D eigenvalue weighted by atomic mass is 9.75. The van der Waals surface area contributed by atoms with Gasteiger partial charge >= 0.3 is 0 Å². The minimum Gasteiger partial charge on any atom is -0.0622 e. The van der Waals surface area contributed by atoms with Crippen LogP contribution in [0.5, 0.6) is 0 Å². The molecule has 0 amide bonds. The molecule has 0 saturated carbocycles. The van der Waals surface area contributed by atoms with Crippen LogP contribution in [-0.2, 0) is 21.7 Å². The van der Waals surface area contributed by atoms with Crippen molar-refractivity contribution >= 4 is 86.2 Å². The van der Waals surface area contributed by atoms with E-state index in [4.69, 9.17) is 0 Å². The highest BCUT2D eigenvalue weighted by Crippen LogP contribution is 2.61. The van der Waals surface area contributed by atoms with Crippen LogP contribution in [0.1, 0.15) is 105 Å². The zero-order valence-electron chi connectivity index (χ0n) is 46.3. The monoisotopic (exact) mass is 979 g/mol. The highest BCUT2D eigenvalue weighted by atomic mass is 14.4. The molecule has 1 aliphatic carbocycles. The first kappa shape index (κ1) is 46.7. The van der Waals surface area contributed by atoms with Gasteiger partial charge in [0.15, 0.2) is 0 Å². The van der Waals surface area contributed by atoms with Gasteiger partial charge in [-0.15, -0.1) is 0 Å². The van der Waals surface area contributed by atoms with Crippen LogP contribution in [0.4, 0.5) is 0 Å². The fraction of sp³-hybridized carbons (Fsp3) is 0.211. The van der Waals surface area contributed by atoms with Crippen molar-refractivity contribution < 1.29 is 0 Å². The van der Waals surface area contributed by atoms with Crippen molar-refractivity contribution in [1.29, 1.82) is 0 Å². The van der Waals surface area contributed by atoms with Crippen LogP contribution in [0.2, 0.25) is 0 Å². The summed E-state index contributed by atoms with van der Waals surface area (Å²) in [5.41, 5.74) is 18.2. The second-order valence-corrected chi connectivity index (χ2v) is 26.6. The third-order valence-corrected chi connectivity index (χ3v) is 17.4. The first-order valence-corrected chi connectivity index (χ1v) is 27.6. The van der Waals surface area contributed by atoms with Gasteiger partial charge in [0.05, 0.1) is 0 Å². The first-order chi connectivity index (χ1) is 36.2. The van der Waals surface area contributed by atoms with E-state index >= 15 is 0 Å². The van der Waals surface area contributed by atoms with Crippen LogP contribution in [0, 0.1) is 0 Å². The van der Waals surface area contributed by atoms with Gasteiger partial charge in [-0.05, 0) is 222 Å². The molecule has 0 fully saturated rings. The van der Waals surface area contributed by atoms with Crippen molar-refractivity contribution in [2.24, 2.45) is 0 Å². The molecule has 0 bridgehead atoms. The molecule has 0 atom stereocenters. The van der Waals surface area contributed by atoms with Gasteiger partial charge < -0.3 is 0 Å². The molecule has 0 nitrogen and oxygen atoms in total. The Labute approximate surface area is 448 Å². The molecule has 13 aromatic rings. The van der Waals surface area contributed by atoms with E-state index < -0.39 is 0 Å². The Hall–Kier alpha value is -7.80. The zero-order chi connectivity index (χ0) is 52.5. The van der Waals surface area contributed by atoms with E-state index in [-0.39, 0.29) is 21.7 Å². The summed E-state index contributed by atoms with van der Waals surface area (Å²) in [6.45, 7) is 28.6. The molecular formula is C76H66. The predicted molar refractivity (Wildman–Crippen MR) is 333 cm³/mol. The SMILES string of the molecule is CC(C)(C)c1cc(-c2c3c(c(-c4cc(C(C)(C)C)cc(C(C)(C)C)c4)c4cc5c6cc7ccccc7cc6c6cc(-c7ccccc7)ccc6c5cc24)-c2ccc4ccc5cccc6cc-3c2c4c56)cc(C(C)(C)C)c1. The Bertz CT molecular complexity index is 4560. The van der Waals surface area contributed by atoms with E-state index in [0.29, 0.717) is 0 Å². The standard InChI is InChI=1S/C76H66/c1-73(2,3)52-31-50(32-53(39-52)74(4,5)6)67-64-42-62-60-36-47-22-17-16-21-46(47)35-59(60)58-37-48(43-19-14-13-15-20-43)28-29-56(58)61(62)41-63(64)68(51-33-54(75(7,8)9)40-55(34-51)76(10,11)12)72-65-38-49-24-18-23-44-25-26-45-27-30-57(71(67)72)70(65)69(45)66(44)49/h13-42H,1-12H3. The van der Waals surface area contributed by atoms with E-state index in [9.17, 15) is 0 Å². The first-order valence-electron chi connectivity index (χ1n) is 27.6. The van der Waals surface area contributed by atoms with Gasteiger partial charge in [-0.2, -0.15) is 0 Å². The third-order valence-electron chi connectivity index (χ3n) is 17.4. The van der Waals surface area contributed by atoms with Gasteiger partial charge in [-0.1, -0.05) is 229 Å². The average molecular weight is 979 g/mol. The van der Waals surface area contributed by atoms with Gasteiger partial charge in [0.2, 0.25) is 0 Å². The van der Waals surface area contributed by atoms with Crippen molar-refractivity contribution in [2.45, 2.75) is 105 Å². The van der Waals surface area contributed by atoms with Crippen LogP contribution in [-0.4, -0.2) is 0 Å². The molecule has 0 saturated heterocycles. The fourth-order valence-electron chi connectivity index (χ4n) is 13.1. The molecule has 0 aliphatic heterocycles. The molecule has 13 aromatic carbocycles. The molecule has 0 aromatic heterocycles. The highest BCUT2D eigenvalue weighted by molar-refractivity contribution is 6.37. The smallest absolute Gasteiger partial charge is 0.000718 e. The third kappa shape index (κ3) is 7.02. The highest BCUT2D eigenvalue weighted by Gasteiger charge is 2.35. The lowest BCUT2D eigenvalue weighted by Gasteiger charge is -2.29. The Balaban J connectivity index is 1.27. The predicted octanol–water partition coefficient (Wildman–Crippen LogP) is 22.2. The lowest BCUT2D eigenvalue weighted by molar-refractivity contribution is 0.568. The van der Waals surface area contributed by atoms with Crippen LogP contribution in [0.15, 0.2) is 182 Å². The van der Waals surface area contributed by atoms with Crippen LogP contribution < -0.4 is 0 Å². The molecular weight excluding hydrogens is 913 g/mol. The Kier molecular flexibility index (Phi) is 9.76. The summed E-state index contributed by atoms with van der Waals surface area (Å²) in [7, 11) is 0. The summed E-state index contributed by atoms with van der Waals surface area (Å²) < 4.78 is 0. The lowest BCUT2D eigenvalue weighted by Crippen LogP contribution is -2.17. The van der Waals surface area contributed by atoms with Crippen molar-refractivity contribution in [1.82, 2.24) is 0 Å². The molecule has 0 N–H and O–H groups in total. The molecule has 1 aliphatic rings. The van der Waals surface area contributed by atoms with Gasteiger partial charge in [0.25, 0.3) is 0 Å². The molecule has 0 unspecified atom stereocenters. The van der Waals surface area contributed by atoms with Crippen molar-refractivity contribution in [3.63, 3.8) is 0 Å². The van der Waals surface area contributed by atoms with E-state index in [0.717, 1.165) is 0 Å². The number of hydrogen-bond donors (Lipinski definition) is 0. The van der Waals surface area contributed by atoms with Crippen LogP contribution in [0.3, 0.4) is 0 Å². The molecule has 370 valence electrons. The van der Waals surface area contributed by atoms with Crippen molar-refractivity contribution in [3.8, 4) is 55.6 Å². The largest absolute Gasteiger partial charge is 0.0622 e. The number of fused-ring (bicyclic) bond motifs is 11. The van der Waals surface area contributed by atoms with E-state index in [1.165, 1.54) is 164 Å². The molecule has 0 spiro atoms. The minimum atomic E-state index is -0.0828. The maximum absolute atomic E-state index is 2.64. The van der Waals surface area contributed by atoms with E-state index in [1.54, 1.807) is 0 Å². The summed E-state index contributed by atoms with van der Waals surface area (Å²) in [4.78, 5) is 0. The van der Waals surface area contributed by atoms with Crippen LogP contribution >= 0.6 is 0 Å². The Morgan fingerprint density at radius 2 is 0.645 bits per heavy atom. The number of benzene rings is 13. The average Bonchev–Trinajstić information content (AvgIpc) is 3.68. The van der Waals surface area contributed by atoms with E-state index in [1.807, 2.05) is 0 Å². The van der Waals surface area contributed by atoms with E-state index in [2.05, 4.69) is 265 Å². The molecule has 0 radical (unpaired) electrons. The van der Waals surface area contributed by atoms with Gasteiger partial charge in [0, 0.05) is 0 Å². The number of hydrogen-bond acceptors (Lipinski definition) is 0. The van der Waals surface area contributed by atoms with Gasteiger partial charge in [-0.25, -0.2) is 0 Å². The Morgan fingerprint density at radius 1 is 0.211 bits per heavy atom. The van der Waals surface area contributed by atoms with Gasteiger partial charge in [-0.3, -0.25) is 0 Å². The van der Waals surface area contributed by atoms with Crippen LogP contribution in [0.25, 0.3) is 142 Å². The fourth-order valence-corrected chi connectivity index (χ4v) is 13.1. The van der Waals surface area contributed by atoms with Crippen molar-refractivity contribution in [3.05, 3.63) is 204 Å².